The third-order valence-electron chi connectivity index (χ3n) is 7.12. The summed E-state index contributed by atoms with van der Waals surface area (Å²) in [6.07, 6.45) is 5.53. The molecule has 8 heteroatoms. The van der Waals surface area contributed by atoms with Gasteiger partial charge >= 0.3 is 0 Å². The van der Waals surface area contributed by atoms with E-state index >= 15 is 0 Å². The Hall–Kier alpha value is -2.45. The lowest BCUT2D eigenvalue weighted by molar-refractivity contribution is -0.145. The predicted molar refractivity (Wildman–Crippen MR) is 122 cm³/mol. The molecule has 2 fully saturated rings. The smallest absolute Gasteiger partial charge is 0.247 e. The summed E-state index contributed by atoms with van der Waals surface area (Å²) in [5.74, 6) is -0.464. The Morgan fingerprint density at radius 3 is 2.66 bits per heavy atom. The third kappa shape index (κ3) is 4.66. The summed E-state index contributed by atoms with van der Waals surface area (Å²) in [7, 11) is 1.72. The molecule has 0 saturated carbocycles. The quantitative estimate of drug-likeness (QED) is 0.545. The molecule has 0 radical (unpaired) electrons. The van der Waals surface area contributed by atoms with E-state index in [-0.39, 0.29) is 36.0 Å². The second-order valence-corrected chi connectivity index (χ2v) is 9.17. The zero-order valence-electron chi connectivity index (χ0n) is 19.0. The van der Waals surface area contributed by atoms with Gasteiger partial charge < -0.3 is 20.9 Å². The van der Waals surface area contributed by atoms with Gasteiger partial charge in [-0.2, -0.15) is 0 Å². The van der Waals surface area contributed by atoms with E-state index in [0.29, 0.717) is 12.8 Å². The highest BCUT2D eigenvalue weighted by molar-refractivity contribution is 5.93. The lowest BCUT2D eigenvalue weighted by atomic mass is 9.87. The van der Waals surface area contributed by atoms with Crippen LogP contribution < -0.4 is 21.3 Å². The highest BCUT2D eigenvalue weighted by Crippen LogP contribution is 2.31. The van der Waals surface area contributed by atoms with Gasteiger partial charge in [0.2, 0.25) is 17.7 Å². The molecule has 1 aromatic rings. The van der Waals surface area contributed by atoms with E-state index in [1.165, 1.54) is 11.1 Å². The van der Waals surface area contributed by atoms with Gasteiger partial charge in [-0.15, -0.1) is 0 Å². The summed E-state index contributed by atoms with van der Waals surface area (Å²) in [5.41, 5.74) is 2.48. The largest absolute Gasteiger partial charge is 0.347 e. The SMILES string of the molecule is CN[C@@H](C)C(=O)N[C@H]1CCCN[C@H]2CCC(C(=O)N[C@H]3CCCc4ccccc43)N2C1=O. The number of rotatable bonds is 5. The lowest BCUT2D eigenvalue weighted by Crippen LogP contribution is -2.61. The van der Waals surface area contributed by atoms with Crippen LogP contribution in [0.25, 0.3) is 0 Å². The average molecular weight is 442 g/mol. The Kier molecular flexibility index (Phi) is 7.10. The van der Waals surface area contributed by atoms with Gasteiger partial charge in [-0.25, -0.2) is 0 Å². The number of nitrogens with zero attached hydrogens (tertiary/aromatic N) is 1. The zero-order chi connectivity index (χ0) is 22.7. The summed E-state index contributed by atoms with van der Waals surface area (Å²) in [6, 6.07) is 6.75. The molecule has 4 N–H and O–H groups in total. The van der Waals surface area contributed by atoms with Crippen molar-refractivity contribution in [3.05, 3.63) is 35.4 Å². The highest BCUT2D eigenvalue weighted by Gasteiger charge is 2.44. The van der Waals surface area contributed by atoms with E-state index in [4.69, 9.17) is 0 Å². The molecule has 3 amide bonds. The molecule has 0 aromatic heterocycles. The number of aryl methyl sites for hydroxylation is 1. The van der Waals surface area contributed by atoms with Gasteiger partial charge in [-0.05, 0) is 76.6 Å². The van der Waals surface area contributed by atoms with Crippen LogP contribution in [0, 0.1) is 0 Å². The third-order valence-corrected chi connectivity index (χ3v) is 7.12. The molecule has 2 saturated heterocycles. The highest BCUT2D eigenvalue weighted by atomic mass is 16.2. The number of carbonyl (C=O) groups excluding carboxylic acids is 3. The number of carbonyl (C=O) groups is 3. The van der Waals surface area contributed by atoms with Crippen molar-refractivity contribution in [3.8, 4) is 0 Å². The molecular formula is C24H35N5O3. The molecule has 4 rings (SSSR count). The first kappa shape index (κ1) is 22.7. The Labute approximate surface area is 189 Å². The van der Waals surface area contributed by atoms with Crippen molar-refractivity contribution < 1.29 is 14.4 Å². The van der Waals surface area contributed by atoms with E-state index in [1.54, 1.807) is 18.9 Å². The minimum Gasteiger partial charge on any atom is -0.347 e. The standard InChI is InChI=1S/C24H35N5O3/c1-15(25-2)22(30)28-19-11-6-14-26-21-13-12-20(29(21)24(19)32)23(31)27-18-10-5-8-16-7-3-4-9-17(16)18/h3-4,7,9,15,18-21,25-26H,5-6,8,10-14H2,1-2H3,(H,27,31)(H,28,30)/t15-,18-,19-,20?,21+/m0/s1. The number of fused-ring (bicyclic) bond motifs is 2. The Balaban J connectivity index is 1.49. The van der Waals surface area contributed by atoms with Gasteiger partial charge in [0.25, 0.3) is 0 Å². The number of nitrogens with one attached hydrogen (secondary N) is 4. The van der Waals surface area contributed by atoms with Crippen molar-refractivity contribution in [1.29, 1.82) is 0 Å². The van der Waals surface area contributed by atoms with Gasteiger partial charge in [0.15, 0.2) is 0 Å². The van der Waals surface area contributed by atoms with Crippen molar-refractivity contribution in [2.75, 3.05) is 13.6 Å². The molecule has 1 aromatic carbocycles. The number of hydrogen-bond acceptors (Lipinski definition) is 5. The van der Waals surface area contributed by atoms with Crippen LogP contribution in [0.4, 0.5) is 0 Å². The van der Waals surface area contributed by atoms with Crippen molar-refractivity contribution >= 4 is 17.7 Å². The van der Waals surface area contributed by atoms with Crippen molar-refractivity contribution in [3.63, 3.8) is 0 Å². The van der Waals surface area contributed by atoms with E-state index in [2.05, 4.69) is 33.4 Å². The topological polar surface area (TPSA) is 103 Å². The molecule has 8 nitrogen and oxygen atoms in total. The summed E-state index contributed by atoms with van der Waals surface area (Å²) >= 11 is 0. The Bertz CT molecular complexity index is 860. The fraction of sp³-hybridized carbons (Fsp3) is 0.625. The first-order chi connectivity index (χ1) is 15.5. The van der Waals surface area contributed by atoms with E-state index in [1.807, 2.05) is 12.1 Å². The molecule has 0 spiro atoms. The minimum absolute atomic E-state index is 0.0173. The first-order valence-corrected chi connectivity index (χ1v) is 11.9. The zero-order valence-corrected chi connectivity index (χ0v) is 19.0. The summed E-state index contributed by atoms with van der Waals surface area (Å²) in [5, 5.41) is 12.5. The van der Waals surface area contributed by atoms with Crippen LogP contribution >= 0.6 is 0 Å². The van der Waals surface area contributed by atoms with E-state index in [9.17, 15) is 14.4 Å². The van der Waals surface area contributed by atoms with Gasteiger partial charge in [-0.1, -0.05) is 24.3 Å². The molecule has 0 bridgehead atoms. The van der Waals surface area contributed by atoms with E-state index in [0.717, 1.165) is 38.6 Å². The van der Waals surface area contributed by atoms with Crippen molar-refractivity contribution in [1.82, 2.24) is 26.2 Å². The molecule has 1 unspecified atom stereocenters. The second kappa shape index (κ2) is 10.0. The molecule has 2 aliphatic heterocycles. The molecule has 174 valence electrons. The Morgan fingerprint density at radius 2 is 1.84 bits per heavy atom. The van der Waals surface area contributed by atoms with Crippen LogP contribution in [0.2, 0.25) is 0 Å². The van der Waals surface area contributed by atoms with Crippen LogP contribution in [0.15, 0.2) is 24.3 Å². The number of likely N-dealkylation sites (N-methyl/N-ethyl adjacent to an activating group) is 1. The van der Waals surface area contributed by atoms with Gasteiger partial charge in [0.05, 0.1) is 18.2 Å². The minimum atomic E-state index is -0.605. The molecule has 2 heterocycles. The molecule has 3 aliphatic rings. The second-order valence-electron chi connectivity index (χ2n) is 9.17. The Morgan fingerprint density at radius 1 is 1.06 bits per heavy atom. The van der Waals surface area contributed by atoms with Crippen molar-refractivity contribution in [2.45, 2.75) is 82.2 Å². The van der Waals surface area contributed by atoms with Crippen LogP contribution in [0.3, 0.4) is 0 Å². The fourth-order valence-electron chi connectivity index (χ4n) is 5.19. The predicted octanol–water partition coefficient (Wildman–Crippen LogP) is 0.973. The van der Waals surface area contributed by atoms with Crippen LogP contribution in [-0.2, 0) is 20.8 Å². The maximum atomic E-state index is 13.5. The molecule has 32 heavy (non-hydrogen) atoms. The monoisotopic (exact) mass is 441 g/mol. The number of hydrogen-bond donors (Lipinski definition) is 4. The maximum absolute atomic E-state index is 13.5. The van der Waals surface area contributed by atoms with Gasteiger partial charge in [0.1, 0.15) is 12.1 Å². The molecule has 5 atom stereocenters. The van der Waals surface area contributed by atoms with Crippen LogP contribution in [0.5, 0.6) is 0 Å². The fourth-order valence-corrected chi connectivity index (χ4v) is 5.19. The van der Waals surface area contributed by atoms with Crippen molar-refractivity contribution in [2.24, 2.45) is 0 Å². The average Bonchev–Trinajstić information content (AvgIpc) is 3.22. The lowest BCUT2D eigenvalue weighted by Gasteiger charge is -2.36. The van der Waals surface area contributed by atoms with Gasteiger partial charge in [0, 0.05) is 0 Å². The maximum Gasteiger partial charge on any atom is 0.247 e. The number of benzene rings is 1. The summed E-state index contributed by atoms with van der Waals surface area (Å²) < 4.78 is 0. The van der Waals surface area contributed by atoms with Crippen LogP contribution in [-0.4, -0.2) is 60.5 Å². The van der Waals surface area contributed by atoms with E-state index < -0.39 is 12.1 Å². The normalized spacial score (nSPS) is 28.7. The summed E-state index contributed by atoms with van der Waals surface area (Å²) in [6.45, 7) is 2.52. The molecule has 1 aliphatic carbocycles. The first-order valence-electron chi connectivity index (χ1n) is 11.9. The van der Waals surface area contributed by atoms with Gasteiger partial charge in [-0.3, -0.25) is 19.7 Å². The van der Waals surface area contributed by atoms with Crippen LogP contribution in [0.1, 0.15) is 62.6 Å². The number of amides is 3. The summed E-state index contributed by atoms with van der Waals surface area (Å²) in [4.78, 5) is 41.0. The molecular weight excluding hydrogens is 406 g/mol.